The maximum absolute atomic E-state index is 13.1. The van der Waals surface area contributed by atoms with Crippen molar-refractivity contribution in [3.63, 3.8) is 0 Å². The number of alkyl halides is 3. The summed E-state index contributed by atoms with van der Waals surface area (Å²) in [6, 6.07) is 13.4. The lowest BCUT2D eigenvalue weighted by molar-refractivity contribution is -0.137. The molecule has 1 fully saturated rings. The zero-order valence-corrected chi connectivity index (χ0v) is 12.8. The molecule has 1 heterocycles. The van der Waals surface area contributed by atoms with E-state index in [0.29, 0.717) is 12.3 Å². The molecule has 1 saturated heterocycles. The summed E-state index contributed by atoms with van der Waals surface area (Å²) in [5.74, 6) is 0.686. The summed E-state index contributed by atoms with van der Waals surface area (Å²) in [5, 5.41) is 0. The minimum Gasteiger partial charge on any atom is -0.330 e. The molecule has 5 heteroatoms. The highest BCUT2D eigenvalue weighted by Gasteiger charge is 2.33. The first-order chi connectivity index (χ1) is 10.9. The van der Waals surface area contributed by atoms with Crippen molar-refractivity contribution in [2.75, 3.05) is 11.4 Å². The van der Waals surface area contributed by atoms with Gasteiger partial charge in [-0.05, 0) is 37.6 Å². The third kappa shape index (κ3) is 3.38. The van der Waals surface area contributed by atoms with Crippen LogP contribution in [0.5, 0.6) is 0 Å². The third-order valence-electron chi connectivity index (χ3n) is 3.90. The minimum atomic E-state index is -4.39. The number of hydrogen-bond donors (Lipinski definition) is 0. The average molecular weight is 318 g/mol. The largest absolute Gasteiger partial charge is 0.418 e. The van der Waals surface area contributed by atoms with Gasteiger partial charge in [-0.25, -0.2) is 4.99 Å². The summed E-state index contributed by atoms with van der Waals surface area (Å²) in [6.45, 7) is 2.78. The molecule has 120 valence electrons. The Labute approximate surface area is 133 Å². The number of para-hydroxylation sites is 1. The lowest BCUT2D eigenvalue weighted by atomic mass is 10.1. The molecule has 1 aliphatic heterocycles. The second-order valence-electron chi connectivity index (χ2n) is 5.63. The monoisotopic (exact) mass is 318 g/mol. The number of rotatable bonds is 2. The molecule has 1 aliphatic rings. The third-order valence-corrected chi connectivity index (χ3v) is 3.90. The molecule has 0 atom stereocenters. The van der Waals surface area contributed by atoms with Crippen LogP contribution in [0, 0.1) is 6.92 Å². The van der Waals surface area contributed by atoms with Gasteiger partial charge in [0.15, 0.2) is 0 Å². The molecule has 0 aromatic heterocycles. The highest BCUT2D eigenvalue weighted by Crippen LogP contribution is 2.37. The van der Waals surface area contributed by atoms with Crippen LogP contribution < -0.4 is 4.90 Å². The molecule has 2 nitrogen and oxygen atoms in total. The van der Waals surface area contributed by atoms with Crippen molar-refractivity contribution in [3.8, 4) is 0 Å². The Morgan fingerprint density at radius 3 is 2.39 bits per heavy atom. The molecule has 2 aromatic rings. The molecule has 0 unspecified atom stereocenters. The fraction of sp³-hybridized carbons (Fsp3) is 0.278. The van der Waals surface area contributed by atoms with Crippen molar-refractivity contribution in [1.82, 2.24) is 0 Å². The van der Waals surface area contributed by atoms with Gasteiger partial charge >= 0.3 is 6.18 Å². The Bertz CT molecular complexity index is 718. The van der Waals surface area contributed by atoms with E-state index in [4.69, 9.17) is 0 Å². The van der Waals surface area contributed by atoms with Crippen LogP contribution in [0.15, 0.2) is 53.5 Å². The Morgan fingerprint density at radius 2 is 1.70 bits per heavy atom. The van der Waals surface area contributed by atoms with Gasteiger partial charge in [0.1, 0.15) is 5.84 Å². The summed E-state index contributed by atoms with van der Waals surface area (Å²) in [6.07, 6.45) is -2.82. The topological polar surface area (TPSA) is 15.6 Å². The van der Waals surface area contributed by atoms with Crippen molar-refractivity contribution in [3.05, 3.63) is 59.7 Å². The first-order valence-electron chi connectivity index (χ1n) is 7.53. The van der Waals surface area contributed by atoms with Gasteiger partial charge in [0.25, 0.3) is 0 Å². The van der Waals surface area contributed by atoms with E-state index >= 15 is 0 Å². The van der Waals surface area contributed by atoms with Crippen LogP contribution in [0.2, 0.25) is 0 Å². The number of amidine groups is 1. The molecule has 0 N–H and O–H groups in total. The number of nitrogens with zero attached hydrogens (tertiary/aromatic N) is 2. The highest BCUT2D eigenvalue weighted by molar-refractivity contribution is 6.01. The lowest BCUT2D eigenvalue weighted by Gasteiger charge is -2.20. The number of aryl methyl sites for hydroxylation is 1. The standard InChI is InChI=1S/C18H17F3N2/c1-13-8-10-14(11-9-13)23-12-4-7-17(23)22-16-6-3-2-5-15(16)18(19,20)21/h2-3,5-6,8-11H,4,7,12H2,1H3. The fourth-order valence-electron chi connectivity index (χ4n) is 2.73. The Balaban J connectivity index is 1.97. The maximum Gasteiger partial charge on any atom is 0.418 e. The van der Waals surface area contributed by atoms with E-state index in [1.807, 2.05) is 36.1 Å². The number of aliphatic imine (C=N–C) groups is 1. The van der Waals surface area contributed by atoms with Crippen LogP contribution in [-0.4, -0.2) is 12.4 Å². The minimum absolute atomic E-state index is 0.0194. The fourth-order valence-corrected chi connectivity index (χ4v) is 2.73. The van der Waals surface area contributed by atoms with Gasteiger partial charge in [0, 0.05) is 18.7 Å². The van der Waals surface area contributed by atoms with Gasteiger partial charge < -0.3 is 4.90 Å². The molecule has 3 rings (SSSR count). The Hall–Kier alpha value is -2.30. The SMILES string of the molecule is Cc1ccc(N2CCCC2=Nc2ccccc2C(F)(F)F)cc1. The smallest absolute Gasteiger partial charge is 0.330 e. The highest BCUT2D eigenvalue weighted by atomic mass is 19.4. The maximum atomic E-state index is 13.1. The molecular formula is C18H17F3N2. The van der Waals surface area contributed by atoms with Gasteiger partial charge in [-0.3, -0.25) is 0 Å². The van der Waals surface area contributed by atoms with Gasteiger partial charge in [0.05, 0.1) is 11.3 Å². The van der Waals surface area contributed by atoms with Crippen LogP contribution >= 0.6 is 0 Å². The first-order valence-corrected chi connectivity index (χ1v) is 7.53. The second-order valence-corrected chi connectivity index (χ2v) is 5.63. The molecular weight excluding hydrogens is 301 g/mol. The summed E-state index contributed by atoms with van der Waals surface area (Å²) >= 11 is 0. The normalized spacial score (nSPS) is 17.0. The van der Waals surface area contributed by atoms with Crippen molar-refractivity contribution in [1.29, 1.82) is 0 Å². The molecule has 23 heavy (non-hydrogen) atoms. The van der Waals surface area contributed by atoms with Gasteiger partial charge in [-0.2, -0.15) is 13.2 Å². The molecule has 0 radical (unpaired) electrons. The summed E-state index contributed by atoms with van der Waals surface area (Å²) < 4.78 is 39.3. The van der Waals surface area contributed by atoms with Gasteiger partial charge in [-0.1, -0.05) is 29.8 Å². The molecule has 0 aliphatic carbocycles. The Kier molecular flexibility index (Phi) is 4.11. The predicted octanol–water partition coefficient (Wildman–Crippen LogP) is 5.34. The zero-order chi connectivity index (χ0) is 16.4. The lowest BCUT2D eigenvalue weighted by Crippen LogP contribution is -2.24. The molecule has 0 saturated carbocycles. The summed E-state index contributed by atoms with van der Waals surface area (Å²) in [4.78, 5) is 6.32. The van der Waals surface area contributed by atoms with E-state index in [1.54, 1.807) is 6.07 Å². The number of benzene rings is 2. The van der Waals surface area contributed by atoms with Crippen LogP contribution in [0.25, 0.3) is 0 Å². The molecule has 0 spiro atoms. The molecule has 0 bridgehead atoms. The number of halogens is 3. The van der Waals surface area contributed by atoms with E-state index in [2.05, 4.69) is 4.99 Å². The second kappa shape index (κ2) is 6.07. The van der Waals surface area contributed by atoms with Crippen LogP contribution in [0.1, 0.15) is 24.0 Å². The van der Waals surface area contributed by atoms with Gasteiger partial charge in [-0.15, -0.1) is 0 Å². The molecule has 2 aromatic carbocycles. The first kappa shape index (κ1) is 15.6. The predicted molar refractivity (Wildman–Crippen MR) is 86.3 cm³/mol. The van der Waals surface area contributed by atoms with E-state index in [0.717, 1.165) is 30.3 Å². The van der Waals surface area contributed by atoms with E-state index < -0.39 is 11.7 Å². The van der Waals surface area contributed by atoms with Crippen molar-refractivity contribution in [2.24, 2.45) is 4.99 Å². The Morgan fingerprint density at radius 1 is 1.00 bits per heavy atom. The van der Waals surface area contributed by atoms with E-state index in [1.165, 1.54) is 12.1 Å². The van der Waals surface area contributed by atoms with Crippen LogP contribution in [0.3, 0.4) is 0 Å². The zero-order valence-electron chi connectivity index (χ0n) is 12.8. The molecule has 0 amide bonds. The van der Waals surface area contributed by atoms with E-state index in [-0.39, 0.29) is 5.69 Å². The van der Waals surface area contributed by atoms with Gasteiger partial charge in [0.2, 0.25) is 0 Å². The summed E-state index contributed by atoms with van der Waals surface area (Å²) in [7, 11) is 0. The van der Waals surface area contributed by atoms with Crippen LogP contribution in [0.4, 0.5) is 24.5 Å². The van der Waals surface area contributed by atoms with Crippen LogP contribution in [-0.2, 0) is 6.18 Å². The van der Waals surface area contributed by atoms with Crippen molar-refractivity contribution >= 4 is 17.2 Å². The quantitative estimate of drug-likeness (QED) is 0.729. The average Bonchev–Trinajstić information content (AvgIpc) is 2.96. The van der Waals surface area contributed by atoms with E-state index in [9.17, 15) is 13.2 Å². The summed E-state index contributed by atoms with van der Waals surface area (Å²) in [5.41, 5.74) is 1.41. The van der Waals surface area contributed by atoms with Crippen molar-refractivity contribution < 1.29 is 13.2 Å². The number of hydrogen-bond acceptors (Lipinski definition) is 1. The van der Waals surface area contributed by atoms with Crippen molar-refractivity contribution in [2.45, 2.75) is 25.9 Å². The number of anilines is 1.